The first kappa shape index (κ1) is 29.2. The van der Waals surface area contributed by atoms with Crippen LogP contribution in [-0.4, -0.2) is 78.5 Å². The molecule has 3 aliphatic heterocycles. The van der Waals surface area contributed by atoms with Gasteiger partial charge in [0.1, 0.15) is 10.7 Å². The number of nitrogens with zero attached hydrogens (tertiary/aromatic N) is 3. The second kappa shape index (κ2) is 11.6. The summed E-state index contributed by atoms with van der Waals surface area (Å²) in [7, 11) is 0. The van der Waals surface area contributed by atoms with Crippen molar-refractivity contribution < 1.29 is 33.9 Å². The van der Waals surface area contributed by atoms with Crippen molar-refractivity contribution in [3.63, 3.8) is 0 Å². The Morgan fingerprint density at radius 1 is 1.22 bits per heavy atom. The number of halogens is 1. The van der Waals surface area contributed by atoms with E-state index in [0.717, 1.165) is 0 Å². The Morgan fingerprint density at radius 3 is 2.51 bits per heavy atom. The maximum Gasteiger partial charge on any atom is 0.354 e. The van der Waals surface area contributed by atoms with Crippen LogP contribution < -0.4 is 0 Å². The van der Waals surface area contributed by atoms with Crippen molar-refractivity contribution in [1.29, 1.82) is 0 Å². The zero-order valence-electron chi connectivity index (χ0n) is 22.1. The summed E-state index contributed by atoms with van der Waals surface area (Å²) >= 11 is 2.62. The zero-order valence-corrected chi connectivity index (χ0v) is 23.7. The van der Waals surface area contributed by atoms with Crippen molar-refractivity contribution in [2.45, 2.75) is 42.4 Å². The number of nitro groups is 1. The van der Waals surface area contributed by atoms with Gasteiger partial charge in [-0.3, -0.25) is 29.5 Å². The van der Waals surface area contributed by atoms with Crippen LogP contribution in [-0.2, 0) is 16.0 Å². The number of β-lactam (4-membered cyclic amide) rings is 1. The molecule has 5 rings (SSSR count). The van der Waals surface area contributed by atoms with Gasteiger partial charge >= 0.3 is 5.97 Å². The van der Waals surface area contributed by atoms with Crippen molar-refractivity contribution >= 4 is 46.9 Å². The number of carboxylic acid groups (broad SMARTS) is 1. The van der Waals surface area contributed by atoms with Gasteiger partial charge in [-0.05, 0) is 49.2 Å². The molecule has 10 nitrogen and oxygen atoms in total. The second-order valence-electron chi connectivity index (χ2n) is 10.3. The van der Waals surface area contributed by atoms with Gasteiger partial charge in [0, 0.05) is 35.9 Å². The Bertz CT molecular complexity index is 1420. The molecule has 3 aliphatic rings. The van der Waals surface area contributed by atoms with Gasteiger partial charge in [0.2, 0.25) is 5.91 Å². The number of Topliss-reactive ketones (excluding diaryl/α,β-unsaturated/α-hetero) is 1. The van der Waals surface area contributed by atoms with Gasteiger partial charge in [-0.1, -0.05) is 30.8 Å². The summed E-state index contributed by atoms with van der Waals surface area (Å²) < 4.78 is 13.7. The van der Waals surface area contributed by atoms with Crippen molar-refractivity contribution in [2.75, 3.05) is 19.6 Å². The lowest BCUT2D eigenvalue weighted by molar-refractivity contribution is -0.384. The van der Waals surface area contributed by atoms with Crippen LogP contribution in [0.5, 0.6) is 0 Å². The molecule has 0 aliphatic carbocycles. The predicted octanol–water partition coefficient (Wildman–Crippen LogP) is 3.89. The third kappa shape index (κ3) is 5.51. The number of hydrogen-bond acceptors (Lipinski definition) is 9. The number of rotatable bonds is 11. The molecule has 0 bridgehead atoms. The molecular formula is C28H28FN3O7S2. The van der Waals surface area contributed by atoms with Crippen LogP contribution in [0.1, 0.15) is 35.7 Å². The Morgan fingerprint density at radius 2 is 1.90 bits per heavy atom. The van der Waals surface area contributed by atoms with Crippen LogP contribution in [0.4, 0.5) is 10.1 Å². The molecule has 0 spiro atoms. The van der Waals surface area contributed by atoms with E-state index in [1.54, 1.807) is 19.1 Å². The molecule has 2 N–H and O–H groups in total. The molecule has 0 radical (unpaired) electrons. The van der Waals surface area contributed by atoms with E-state index in [2.05, 4.69) is 0 Å². The number of carboxylic acids is 1. The quantitative estimate of drug-likeness (QED) is 0.169. The predicted molar refractivity (Wildman–Crippen MR) is 152 cm³/mol. The van der Waals surface area contributed by atoms with Gasteiger partial charge in [-0.25, -0.2) is 9.18 Å². The Balaban J connectivity index is 1.35. The number of likely N-dealkylation sites (tertiary alicyclic amines) is 1. The molecule has 2 aromatic rings. The highest BCUT2D eigenvalue weighted by atomic mass is 32.2. The fraction of sp³-hybridized carbons (Fsp3) is 0.393. The third-order valence-electron chi connectivity index (χ3n) is 7.68. The summed E-state index contributed by atoms with van der Waals surface area (Å²) in [5, 5.41) is 32.0. The van der Waals surface area contributed by atoms with E-state index in [-0.39, 0.29) is 35.4 Å². The summed E-state index contributed by atoms with van der Waals surface area (Å²) in [4.78, 5) is 51.2. The van der Waals surface area contributed by atoms with Crippen LogP contribution in [0, 0.1) is 21.8 Å². The van der Waals surface area contributed by atoms with Crippen LogP contribution >= 0.6 is 23.5 Å². The topological polar surface area (TPSA) is 141 Å². The van der Waals surface area contributed by atoms with E-state index >= 15 is 0 Å². The van der Waals surface area contributed by atoms with Crippen molar-refractivity contribution in [3.05, 3.63) is 85.5 Å². The summed E-state index contributed by atoms with van der Waals surface area (Å²) in [5.41, 5.74) is 0.895. The van der Waals surface area contributed by atoms with Crippen LogP contribution in [0.15, 0.2) is 58.5 Å². The summed E-state index contributed by atoms with van der Waals surface area (Å²) in [6.45, 7) is 3.05. The Kier molecular flexibility index (Phi) is 8.24. The molecule has 4 atom stereocenters. The van der Waals surface area contributed by atoms with Crippen molar-refractivity contribution in [2.24, 2.45) is 5.92 Å². The second-order valence-corrected chi connectivity index (χ2v) is 13.2. The van der Waals surface area contributed by atoms with Gasteiger partial charge < -0.3 is 10.2 Å². The first-order valence-electron chi connectivity index (χ1n) is 13.1. The number of amides is 1. The van der Waals surface area contributed by atoms with E-state index in [4.69, 9.17) is 0 Å². The summed E-state index contributed by atoms with van der Waals surface area (Å²) in [6, 6.07) is 11.3. The van der Waals surface area contributed by atoms with E-state index < -0.39 is 39.5 Å². The summed E-state index contributed by atoms with van der Waals surface area (Å²) in [5.74, 6) is -3.10. The average Bonchev–Trinajstić information content (AvgIpc) is 3.48. The van der Waals surface area contributed by atoms with E-state index in [1.165, 1.54) is 64.8 Å². The minimum atomic E-state index is -1.25. The number of nitro benzene ring substituents is 1. The van der Waals surface area contributed by atoms with Crippen molar-refractivity contribution in [1.82, 2.24) is 9.80 Å². The number of aliphatic carboxylic acids is 1. The molecule has 41 heavy (non-hydrogen) atoms. The highest BCUT2D eigenvalue weighted by Gasteiger charge is 2.68. The molecule has 0 aromatic heterocycles. The molecule has 2 aromatic carbocycles. The lowest BCUT2D eigenvalue weighted by atomic mass is 9.77. The molecule has 2 saturated heterocycles. The number of thioether (sulfide) groups is 2. The Hall–Kier alpha value is -3.26. The lowest BCUT2D eigenvalue weighted by Crippen LogP contribution is -2.71. The fourth-order valence-corrected chi connectivity index (χ4v) is 9.26. The Labute approximate surface area is 243 Å². The smallest absolute Gasteiger partial charge is 0.354 e. The highest BCUT2D eigenvalue weighted by Crippen LogP contribution is 2.63. The van der Waals surface area contributed by atoms with E-state index in [0.29, 0.717) is 41.3 Å². The van der Waals surface area contributed by atoms with Gasteiger partial charge in [0.05, 0.1) is 27.7 Å². The van der Waals surface area contributed by atoms with Crippen molar-refractivity contribution in [3.8, 4) is 0 Å². The van der Waals surface area contributed by atoms with Gasteiger partial charge in [0.25, 0.3) is 5.69 Å². The third-order valence-corrected chi connectivity index (χ3v) is 10.7. The number of ketones is 1. The molecule has 1 amide bonds. The normalized spacial score (nSPS) is 24.8. The monoisotopic (exact) mass is 601 g/mol. The maximum absolute atomic E-state index is 13.3. The SMILES string of the molecule is CC[C@H](O)[C@@H]1C(=O)N2C(C(=O)O)=C(S[C@H]3CCN(CC(=O)c4ccc(F)cc4)C3)S[C@]12Cc1ccc([N+](=O)[O-])cc1. The van der Waals surface area contributed by atoms with Crippen LogP contribution in [0.2, 0.25) is 0 Å². The number of aliphatic hydroxyl groups is 1. The first-order valence-corrected chi connectivity index (χ1v) is 14.8. The maximum atomic E-state index is 13.3. The number of benzene rings is 2. The van der Waals surface area contributed by atoms with E-state index in [1.807, 2.05) is 4.90 Å². The average molecular weight is 602 g/mol. The fourth-order valence-electron chi connectivity index (χ4n) is 5.64. The number of hydrogen-bond donors (Lipinski definition) is 2. The van der Waals surface area contributed by atoms with Gasteiger partial charge in [0.15, 0.2) is 11.5 Å². The van der Waals surface area contributed by atoms with Crippen LogP contribution in [0.25, 0.3) is 0 Å². The lowest BCUT2D eigenvalue weighted by Gasteiger charge is -2.54. The molecular weight excluding hydrogens is 573 g/mol. The molecule has 13 heteroatoms. The highest BCUT2D eigenvalue weighted by molar-refractivity contribution is 8.23. The van der Waals surface area contributed by atoms with Gasteiger partial charge in [-0.15, -0.1) is 11.8 Å². The number of non-ortho nitro benzene ring substituents is 1. The number of carbonyl (C=O) groups excluding carboxylic acids is 2. The largest absolute Gasteiger partial charge is 0.477 e. The number of fused-ring (bicyclic) bond motifs is 1. The van der Waals surface area contributed by atoms with Gasteiger partial charge in [-0.2, -0.15) is 0 Å². The van der Waals surface area contributed by atoms with E-state index in [9.17, 15) is 39.1 Å². The number of carbonyl (C=O) groups is 3. The minimum absolute atomic E-state index is 0.0346. The minimum Gasteiger partial charge on any atom is -0.477 e. The zero-order chi connectivity index (χ0) is 29.5. The standard InChI is InChI=1S/C28H28FN3O7S2/c1-2-21(33)23-25(35)31-24(26(36)37)27(41-28(23,31)13-16-3-9-19(10-4-16)32(38)39)40-20-11-12-30(14-20)15-22(34)17-5-7-18(29)8-6-17/h3-10,20-21,23,33H,2,11-15H2,1H3,(H,36,37)/t20-,21-,23+,28+/m0/s1. The first-order chi connectivity index (χ1) is 19.5. The van der Waals surface area contributed by atoms with Crippen LogP contribution in [0.3, 0.4) is 0 Å². The number of aliphatic hydroxyl groups excluding tert-OH is 1. The molecule has 216 valence electrons. The molecule has 2 fully saturated rings. The summed E-state index contributed by atoms with van der Waals surface area (Å²) in [6.07, 6.45) is 0.218. The molecule has 0 unspecified atom stereocenters. The molecule has 0 saturated carbocycles. The molecule has 3 heterocycles.